The van der Waals surface area contributed by atoms with E-state index >= 15 is 0 Å². The van der Waals surface area contributed by atoms with Gasteiger partial charge in [0.05, 0.1) is 0 Å². The zero-order chi connectivity index (χ0) is 17.2. The maximum Gasteiger partial charge on any atom is 0.191 e. The predicted octanol–water partition coefficient (Wildman–Crippen LogP) is 2.66. The third kappa shape index (κ3) is 6.11. The van der Waals surface area contributed by atoms with Crippen LogP contribution < -0.4 is 10.6 Å². The molecule has 0 spiro atoms. The van der Waals surface area contributed by atoms with Crippen molar-refractivity contribution in [1.29, 1.82) is 0 Å². The molecule has 1 fully saturated rings. The Morgan fingerprint density at radius 3 is 2.88 bits per heavy atom. The number of aliphatic imine (C=N–C) groups is 1. The van der Waals surface area contributed by atoms with E-state index in [0.717, 1.165) is 31.2 Å². The summed E-state index contributed by atoms with van der Waals surface area (Å²) in [4.78, 5) is 7.24. The maximum absolute atomic E-state index is 13.6. The highest BCUT2D eigenvalue weighted by Crippen LogP contribution is 2.16. The summed E-state index contributed by atoms with van der Waals surface area (Å²) in [7, 11) is 0. The lowest BCUT2D eigenvalue weighted by atomic mass is 10.1. The molecule has 0 bridgehead atoms. The van der Waals surface area contributed by atoms with Gasteiger partial charge in [0.15, 0.2) is 5.96 Å². The van der Waals surface area contributed by atoms with Crippen molar-refractivity contribution in [1.82, 2.24) is 15.5 Å². The molecule has 1 aromatic rings. The SMILES string of the molecule is CCCN1CCC(CN=C(NCC)NCCc2ccccc2F)C1. The van der Waals surface area contributed by atoms with Gasteiger partial charge in [0, 0.05) is 26.2 Å². The summed E-state index contributed by atoms with van der Waals surface area (Å²) in [5.41, 5.74) is 0.742. The van der Waals surface area contributed by atoms with Gasteiger partial charge in [-0.3, -0.25) is 4.99 Å². The molecule has 0 aliphatic carbocycles. The fraction of sp³-hybridized carbons (Fsp3) is 0.632. The summed E-state index contributed by atoms with van der Waals surface area (Å²) in [5, 5.41) is 6.59. The van der Waals surface area contributed by atoms with Crippen molar-refractivity contribution in [2.45, 2.75) is 33.1 Å². The second-order valence-electron chi connectivity index (χ2n) is 6.44. The number of hydrogen-bond acceptors (Lipinski definition) is 2. The maximum atomic E-state index is 13.6. The summed E-state index contributed by atoms with van der Waals surface area (Å²) < 4.78 is 13.6. The largest absolute Gasteiger partial charge is 0.357 e. The first kappa shape index (κ1) is 18.7. The number of likely N-dealkylation sites (tertiary alicyclic amines) is 1. The highest BCUT2D eigenvalue weighted by molar-refractivity contribution is 5.79. The van der Waals surface area contributed by atoms with Gasteiger partial charge in [0.2, 0.25) is 0 Å². The molecule has 0 amide bonds. The van der Waals surface area contributed by atoms with Crippen LogP contribution in [0.5, 0.6) is 0 Å². The average molecular weight is 334 g/mol. The highest BCUT2D eigenvalue weighted by Gasteiger charge is 2.21. The summed E-state index contributed by atoms with van der Waals surface area (Å²) in [6.07, 6.45) is 3.11. The molecule has 4 nitrogen and oxygen atoms in total. The van der Waals surface area contributed by atoms with Crippen LogP contribution in [0, 0.1) is 11.7 Å². The van der Waals surface area contributed by atoms with Gasteiger partial charge in [-0.25, -0.2) is 4.39 Å². The third-order valence-electron chi connectivity index (χ3n) is 4.41. The van der Waals surface area contributed by atoms with Gasteiger partial charge >= 0.3 is 0 Å². The molecular formula is C19H31FN4. The van der Waals surface area contributed by atoms with Gasteiger partial charge < -0.3 is 15.5 Å². The molecule has 1 aromatic carbocycles. The van der Waals surface area contributed by atoms with Crippen molar-refractivity contribution >= 4 is 5.96 Å². The molecule has 0 saturated carbocycles. The van der Waals surface area contributed by atoms with E-state index in [9.17, 15) is 4.39 Å². The number of guanidine groups is 1. The van der Waals surface area contributed by atoms with E-state index in [-0.39, 0.29) is 5.82 Å². The van der Waals surface area contributed by atoms with Crippen molar-refractivity contribution in [3.63, 3.8) is 0 Å². The second kappa shape index (κ2) is 10.3. The van der Waals surface area contributed by atoms with Crippen molar-refractivity contribution in [2.24, 2.45) is 10.9 Å². The minimum atomic E-state index is -0.136. The van der Waals surface area contributed by atoms with Crippen LogP contribution in [0.25, 0.3) is 0 Å². The van der Waals surface area contributed by atoms with Crippen molar-refractivity contribution in [2.75, 3.05) is 39.3 Å². The average Bonchev–Trinajstić information content (AvgIpc) is 3.02. The molecule has 1 atom stereocenters. The fourth-order valence-corrected chi connectivity index (χ4v) is 3.16. The lowest BCUT2D eigenvalue weighted by molar-refractivity contribution is 0.326. The Morgan fingerprint density at radius 2 is 2.12 bits per heavy atom. The zero-order valence-electron chi connectivity index (χ0n) is 15.0. The topological polar surface area (TPSA) is 39.7 Å². The Morgan fingerprint density at radius 1 is 1.29 bits per heavy atom. The van der Waals surface area contributed by atoms with E-state index < -0.39 is 0 Å². The van der Waals surface area contributed by atoms with Crippen LogP contribution in [0.15, 0.2) is 29.3 Å². The molecule has 1 saturated heterocycles. The number of hydrogen-bond donors (Lipinski definition) is 2. The third-order valence-corrected chi connectivity index (χ3v) is 4.41. The quantitative estimate of drug-likeness (QED) is 0.567. The molecule has 1 aliphatic heterocycles. The molecule has 2 rings (SSSR count). The molecule has 0 aromatic heterocycles. The van der Waals surface area contributed by atoms with Crippen LogP contribution in [0.2, 0.25) is 0 Å². The number of nitrogens with one attached hydrogen (secondary N) is 2. The van der Waals surface area contributed by atoms with Gasteiger partial charge in [-0.15, -0.1) is 0 Å². The molecule has 1 unspecified atom stereocenters. The summed E-state index contributed by atoms with van der Waals surface area (Å²) >= 11 is 0. The minimum Gasteiger partial charge on any atom is -0.357 e. The number of nitrogens with zero attached hydrogens (tertiary/aromatic N) is 2. The monoisotopic (exact) mass is 334 g/mol. The molecule has 134 valence electrons. The Bertz CT molecular complexity index is 518. The van der Waals surface area contributed by atoms with E-state index in [1.54, 1.807) is 6.07 Å². The summed E-state index contributed by atoms with van der Waals surface area (Å²) in [5.74, 6) is 1.35. The van der Waals surface area contributed by atoms with Crippen LogP contribution in [0.3, 0.4) is 0 Å². The normalized spacial score (nSPS) is 18.8. The van der Waals surface area contributed by atoms with E-state index in [0.29, 0.717) is 18.9 Å². The van der Waals surface area contributed by atoms with Crippen LogP contribution in [0.1, 0.15) is 32.3 Å². The first-order valence-electron chi connectivity index (χ1n) is 9.20. The Kier molecular flexibility index (Phi) is 8.02. The number of halogens is 1. The first-order valence-corrected chi connectivity index (χ1v) is 9.20. The minimum absolute atomic E-state index is 0.136. The highest BCUT2D eigenvalue weighted by atomic mass is 19.1. The van der Waals surface area contributed by atoms with Crippen LogP contribution in [0.4, 0.5) is 4.39 Å². The standard InChI is InChI=1S/C19H31FN4/c1-3-12-24-13-10-16(15-24)14-23-19(21-4-2)22-11-9-17-7-5-6-8-18(17)20/h5-8,16H,3-4,9-15H2,1-2H3,(H2,21,22,23). The number of rotatable bonds is 8. The molecule has 5 heteroatoms. The smallest absolute Gasteiger partial charge is 0.191 e. The Labute approximate surface area is 145 Å². The van der Waals surface area contributed by atoms with E-state index in [4.69, 9.17) is 4.99 Å². The van der Waals surface area contributed by atoms with Crippen molar-refractivity contribution < 1.29 is 4.39 Å². The molecular weight excluding hydrogens is 303 g/mol. The zero-order valence-corrected chi connectivity index (χ0v) is 15.0. The van der Waals surface area contributed by atoms with Crippen molar-refractivity contribution in [3.8, 4) is 0 Å². The van der Waals surface area contributed by atoms with E-state index in [2.05, 4.69) is 29.4 Å². The van der Waals surface area contributed by atoms with Crippen LogP contribution >= 0.6 is 0 Å². The van der Waals surface area contributed by atoms with Gasteiger partial charge in [-0.2, -0.15) is 0 Å². The molecule has 1 aliphatic rings. The molecule has 1 heterocycles. The number of benzene rings is 1. The van der Waals surface area contributed by atoms with Gasteiger partial charge in [-0.05, 0) is 56.8 Å². The van der Waals surface area contributed by atoms with Gasteiger partial charge in [-0.1, -0.05) is 25.1 Å². The van der Waals surface area contributed by atoms with Crippen molar-refractivity contribution in [3.05, 3.63) is 35.6 Å². The lowest BCUT2D eigenvalue weighted by Gasteiger charge is -2.15. The van der Waals surface area contributed by atoms with E-state index in [1.165, 1.54) is 32.0 Å². The Balaban J connectivity index is 1.77. The van der Waals surface area contributed by atoms with Crippen LogP contribution in [-0.2, 0) is 6.42 Å². The van der Waals surface area contributed by atoms with Crippen LogP contribution in [-0.4, -0.2) is 50.1 Å². The van der Waals surface area contributed by atoms with Gasteiger partial charge in [0.25, 0.3) is 0 Å². The van der Waals surface area contributed by atoms with E-state index in [1.807, 2.05) is 12.1 Å². The van der Waals surface area contributed by atoms with Gasteiger partial charge in [0.1, 0.15) is 5.82 Å². The second-order valence-corrected chi connectivity index (χ2v) is 6.44. The Hall–Kier alpha value is -1.62. The molecule has 0 radical (unpaired) electrons. The summed E-state index contributed by atoms with van der Waals surface area (Å²) in [6, 6.07) is 6.94. The molecule has 24 heavy (non-hydrogen) atoms. The predicted molar refractivity (Wildman–Crippen MR) is 98.9 cm³/mol. The first-order chi connectivity index (χ1) is 11.7. The lowest BCUT2D eigenvalue weighted by Crippen LogP contribution is -2.38. The molecule has 2 N–H and O–H groups in total. The fourth-order valence-electron chi connectivity index (χ4n) is 3.16. The summed E-state index contributed by atoms with van der Waals surface area (Å²) in [6.45, 7) is 10.2.